The Labute approximate surface area is 102 Å². The van der Waals surface area contributed by atoms with Crippen LogP contribution in [-0.4, -0.2) is 65.1 Å². The summed E-state index contributed by atoms with van der Waals surface area (Å²) in [6.07, 6.45) is 3.45. The molecule has 0 aromatic heterocycles. The molecule has 5 nitrogen and oxygen atoms in total. The molecule has 1 fully saturated rings. The van der Waals surface area contributed by atoms with Crippen molar-refractivity contribution in [2.75, 3.05) is 40.6 Å². The van der Waals surface area contributed by atoms with Crippen molar-refractivity contribution in [2.24, 2.45) is 0 Å². The molecule has 0 unspecified atom stereocenters. The minimum atomic E-state index is -0.151. The highest BCUT2D eigenvalue weighted by Crippen LogP contribution is 2.23. The number of hydrogen-bond donors (Lipinski definition) is 0. The van der Waals surface area contributed by atoms with Crippen LogP contribution >= 0.6 is 0 Å². The summed E-state index contributed by atoms with van der Waals surface area (Å²) in [6, 6.07) is 0. The average molecular weight is 244 g/mol. The fourth-order valence-corrected chi connectivity index (χ4v) is 2.22. The Morgan fingerprint density at radius 1 is 1.00 bits per heavy atom. The van der Waals surface area contributed by atoms with Gasteiger partial charge in [0.15, 0.2) is 0 Å². The molecule has 0 aromatic carbocycles. The first-order valence-electron chi connectivity index (χ1n) is 5.88. The fraction of sp³-hybridized carbons (Fsp3) is 0.833. The van der Waals surface area contributed by atoms with E-state index in [9.17, 15) is 0 Å². The molecule has 5 heteroatoms. The molecular formula is C12H20O5. The van der Waals surface area contributed by atoms with Crippen molar-refractivity contribution in [2.45, 2.75) is 24.4 Å². The lowest BCUT2D eigenvalue weighted by Crippen LogP contribution is -2.56. The van der Waals surface area contributed by atoms with E-state index in [1.54, 1.807) is 14.2 Å². The molecule has 2 aliphatic rings. The monoisotopic (exact) mass is 244 g/mol. The molecular weight excluding hydrogens is 224 g/mol. The lowest BCUT2D eigenvalue weighted by atomic mass is 10.00. The normalized spacial score (nSPS) is 40.8. The third-order valence-corrected chi connectivity index (χ3v) is 3.15. The van der Waals surface area contributed by atoms with Gasteiger partial charge in [-0.25, -0.2) is 0 Å². The van der Waals surface area contributed by atoms with Gasteiger partial charge in [0.2, 0.25) is 0 Å². The molecule has 1 saturated heterocycles. The minimum Gasteiger partial charge on any atom is -0.376 e. The van der Waals surface area contributed by atoms with Crippen LogP contribution in [0.5, 0.6) is 0 Å². The van der Waals surface area contributed by atoms with Crippen molar-refractivity contribution >= 4 is 0 Å². The van der Waals surface area contributed by atoms with Gasteiger partial charge >= 0.3 is 0 Å². The van der Waals surface area contributed by atoms with E-state index in [0.717, 1.165) is 0 Å². The van der Waals surface area contributed by atoms with Gasteiger partial charge in [-0.15, -0.1) is 0 Å². The van der Waals surface area contributed by atoms with E-state index < -0.39 is 0 Å². The molecule has 4 atom stereocenters. The molecule has 98 valence electrons. The Balaban J connectivity index is 2.07. The van der Waals surface area contributed by atoms with Crippen LogP contribution < -0.4 is 0 Å². The van der Waals surface area contributed by atoms with Gasteiger partial charge in [-0.1, -0.05) is 12.2 Å². The Morgan fingerprint density at radius 3 is 2.59 bits per heavy atom. The summed E-state index contributed by atoms with van der Waals surface area (Å²) in [7, 11) is 3.33. The van der Waals surface area contributed by atoms with Crippen LogP contribution in [0.2, 0.25) is 0 Å². The SMILES string of the molecule is CO[C@H]1[C@@H]2OC/C=C/COC[C@H]2OC[C@@H]1OC. The van der Waals surface area contributed by atoms with E-state index in [0.29, 0.717) is 26.4 Å². The van der Waals surface area contributed by atoms with Crippen molar-refractivity contribution < 1.29 is 23.7 Å². The second-order valence-electron chi connectivity index (χ2n) is 4.15. The first-order valence-corrected chi connectivity index (χ1v) is 5.88. The first kappa shape index (κ1) is 13.0. The number of methoxy groups -OCH3 is 2. The highest BCUT2D eigenvalue weighted by molar-refractivity contribution is 4.92. The average Bonchev–Trinajstić information content (AvgIpc) is 2.48. The van der Waals surface area contributed by atoms with Crippen LogP contribution in [-0.2, 0) is 23.7 Å². The van der Waals surface area contributed by atoms with Gasteiger partial charge < -0.3 is 23.7 Å². The third kappa shape index (κ3) is 3.05. The minimum absolute atomic E-state index is 0.0914. The lowest BCUT2D eigenvalue weighted by Gasteiger charge is -2.40. The maximum Gasteiger partial charge on any atom is 0.115 e. The zero-order chi connectivity index (χ0) is 12.1. The summed E-state index contributed by atoms with van der Waals surface area (Å²) in [6.45, 7) is 2.17. The van der Waals surface area contributed by atoms with Crippen LogP contribution in [0, 0.1) is 0 Å². The molecule has 0 saturated carbocycles. The number of ether oxygens (including phenoxy) is 5. The van der Waals surface area contributed by atoms with E-state index in [2.05, 4.69) is 0 Å². The van der Waals surface area contributed by atoms with E-state index in [4.69, 9.17) is 23.7 Å². The largest absolute Gasteiger partial charge is 0.376 e. The standard InChI is InChI=1S/C12H20O5/c1-13-9-8-17-10-7-15-5-3-4-6-16-12(10)11(9)14-2/h3-4,9-12H,5-8H2,1-2H3/b4-3+/t9-,10+,11+,12+/m0/s1. The van der Waals surface area contributed by atoms with Crippen LogP contribution in [0.25, 0.3) is 0 Å². The summed E-state index contributed by atoms with van der Waals surface area (Å²) in [5.74, 6) is 0. The molecule has 0 radical (unpaired) electrons. The maximum atomic E-state index is 5.81. The van der Waals surface area contributed by atoms with Gasteiger partial charge in [-0.05, 0) is 0 Å². The van der Waals surface area contributed by atoms with Crippen molar-refractivity contribution in [3.8, 4) is 0 Å². The Bertz CT molecular complexity index is 255. The zero-order valence-corrected chi connectivity index (χ0v) is 10.3. The summed E-state index contributed by atoms with van der Waals surface area (Å²) in [5, 5.41) is 0. The number of hydrogen-bond acceptors (Lipinski definition) is 5. The summed E-state index contributed by atoms with van der Waals surface area (Å²) in [4.78, 5) is 0. The predicted molar refractivity (Wildman–Crippen MR) is 61.0 cm³/mol. The number of fused-ring (bicyclic) bond motifs is 1. The quantitative estimate of drug-likeness (QED) is 0.657. The van der Waals surface area contributed by atoms with Crippen molar-refractivity contribution in [3.63, 3.8) is 0 Å². The van der Waals surface area contributed by atoms with E-state index >= 15 is 0 Å². The van der Waals surface area contributed by atoms with Gasteiger partial charge in [0.25, 0.3) is 0 Å². The van der Waals surface area contributed by atoms with Crippen LogP contribution in [0.4, 0.5) is 0 Å². The first-order chi connectivity index (χ1) is 8.36. The van der Waals surface area contributed by atoms with Gasteiger partial charge in [-0.3, -0.25) is 0 Å². The second-order valence-corrected chi connectivity index (χ2v) is 4.15. The molecule has 0 aromatic rings. The molecule has 2 heterocycles. The van der Waals surface area contributed by atoms with E-state index in [-0.39, 0.29) is 24.4 Å². The molecule has 2 rings (SSSR count). The molecule has 2 aliphatic heterocycles. The van der Waals surface area contributed by atoms with Gasteiger partial charge in [-0.2, -0.15) is 0 Å². The Hall–Kier alpha value is -0.460. The fourth-order valence-electron chi connectivity index (χ4n) is 2.22. The highest BCUT2D eigenvalue weighted by atomic mass is 16.6. The smallest absolute Gasteiger partial charge is 0.115 e. The number of rotatable bonds is 2. The van der Waals surface area contributed by atoms with Gasteiger partial charge in [0, 0.05) is 14.2 Å². The van der Waals surface area contributed by atoms with Gasteiger partial charge in [0.05, 0.1) is 26.4 Å². The van der Waals surface area contributed by atoms with Crippen molar-refractivity contribution in [1.82, 2.24) is 0 Å². The van der Waals surface area contributed by atoms with Crippen LogP contribution in [0.1, 0.15) is 0 Å². The van der Waals surface area contributed by atoms with Crippen LogP contribution in [0.15, 0.2) is 12.2 Å². The summed E-state index contributed by atoms with van der Waals surface area (Å²) < 4.78 is 27.9. The Morgan fingerprint density at radius 2 is 1.82 bits per heavy atom. The van der Waals surface area contributed by atoms with E-state index in [1.807, 2.05) is 12.2 Å². The molecule has 0 bridgehead atoms. The van der Waals surface area contributed by atoms with Gasteiger partial charge in [0.1, 0.15) is 24.4 Å². The van der Waals surface area contributed by atoms with Crippen molar-refractivity contribution in [1.29, 1.82) is 0 Å². The second kappa shape index (κ2) is 6.47. The van der Waals surface area contributed by atoms with E-state index in [1.165, 1.54) is 0 Å². The summed E-state index contributed by atoms with van der Waals surface area (Å²) in [5.41, 5.74) is 0. The predicted octanol–water partition coefficient (Wildman–Crippen LogP) is 0.387. The molecule has 0 N–H and O–H groups in total. The maximum absolute atomic E-state index is 5.81. The topological polar surface area (TPSA) is 46.2 Å². The summed E-state index contributed by atoms with van der Waals surface area (Å²) >= 11 is 0. The van der Waals surface area contributed by atoms with Crippen LogP contribution in [0.3, 0.4) is 0 Å². The highest BCUT2D eigenvalue weighted by Gasteiger charge is 2.41. The lowest BCUT2D eigenvalue weighted by molar-refractivity contribution is -0.223. The molecule has 17 heavy (non-hydrogen) atoms. The van der Waals surface area contributed by atoms with Crippen molar-refractivity contribution in [3.05, 3.63) is 12.2 Å². The zero-order valence-electron chi connectivity index (χ0n) is 10.3. The molecule has 0 aliphatic carbocycles. The third-order valence-electron chi connectivity index (χ3n) is 3.15. The molecule has 0 spiro atoms. The molecule has 0 amide bonds. The Kier molecular flexibility index (Phi) is 4.94.